The van der Waals surface area contributed by atoms with Gasteiger partial charge < -0.3 is 15.5 Å². The fourth-order valence-electron chi connectivity index (χ4n) is 1.95. The maximum Gasteiger partial charge on any atom is 0.251 e. The number of ether oxygens (including phenoxy) is 1. The van der Waals surface area contributed by atoms with Crippen LogP contribution < -0.4 is 16.0 Å². The summed E-state index contributed by atoms with van der Waals surface area (Å²) >= 11 is 0. The van der Waals surface area contributed by atoms with Crippen LogP contribution in [-0.4, -0.2) is 23.6 Å². The van der Waals surface area contributed by atoms with Gasteiger partial charge in [0.15, 0.2) is 0 Å². The molecule has 0 atom stereocenters. The Balaban J connectivity index is 2.30. The SMILES string of the molecule is COc1ccccc1Cc1cc(=O)[nH]c(CCN)n1. The number of para-hydroxylation sites is 1. The summed E-state index contributed by atoms with van der Waals surface area (Å²) in [4.78, 5) is 18.7. The fraction of sp³-hybridized carbons (Fsp3) is 0.286. The van der Waals surface area contributed by atoms with Gasteiger partial charge in [0.25, 0.3) is 5.56 Å². The van der Waals surface area contributed by atoms with Crippen molar-refractivity contribution >= 4 is 0 Å². The molecule has 0 radical (unpaired) electrons. The maximum absolute atomic E-state index is 11.6. The van der Waals surface area contributed by atoms with Crippen molar-refractivity contribution in [3.63, 3.8) is 0 Å². The molecule has 1 aromatic carbocycles. The third kappa shape index (κ3) is 3.42. The molecule has 0 spiro atoms. The molecule has 0 aliphatic heterocycles. The predicted octanol–water partition coefficient (Wildman–Crippen LogP) is 0.871. The largest absolute Gasteiger partial charge is 0.496 e. The molecule has 100 valence electrons. The van der Waals surface area contributed by atoms with Crippen LogP contribution in [0.25, 0.3) is 0 Å². The van der Waals surface area contributed by atoms with Gasteiger partial charge in [-0.15, -0.1) is 0 Å². The summed E-state index contributed by atoms with van der Waals surface area (Å²) in [6.45, 7) is 0.459. The summed E-state index contributed by atoms with van der Waals surface area (Å²) < 4.78 is 5.29. The first-order chi connectivity index (χ1) is 9.22. The monoisotopic (exact) mass is 259 g/mol. The van der Waals surface area contributed by atoms with Gasteiger partial charge in [-0.3, -0.25) is 4.79 Å². The predicted molar refractivity (Wildman–Crippen MR) is 73.4 cm³/mol. The molecule has 0 fully saturated rings. The van der Waals surface area contributed by atoms with E-state index in [0.717, 1.165) is 17.0 Å². The topological polar surface area (TPSA) is 81.0 Å². The lowest BCUT2D eigenvalue weighted by molar-refractivity contribution is 0.410. The molecule has 0 saturated carbocycles. The van der Waals surface area contributed by atoms with E-state index >= 15 is 0 Å². The normalized spacial score (nSPS) is 10.4. The number of nitrogens with two attached hydrogens (primary N) is 1. The van der Waals surface area contributed by atoms with Crippen molar-refractivity contribution in [3.8, 4) is 5.75 Å². The standard InChI is InChI=1S/C14H17N3O2/c1-19-12-5-3-2-4-10(12)8-11-9-14(18)17-13(16-11)6-7-15/h2-5,9H,6-8,15H2,1H3,(H,16,17,18). The number of rotatable bonds is 5. The van der Waals surface area contributed by atoms with Crippen LogP contribution in [0.4, 0.5) is 0 Å². The summed E-state index contributed by atoms with van der Waals surface area (Å²) in [6.07, 6.45) is 1.13. The van der Waals surface area contributed by atoms with Gasteiger partial charge in [-0.2, -0.15) is 0 Å². The van der Waals surface area contributed by atoms with Crippen LogP contribution in [-0.2, 0) is 12.8 Å². The van der Waals surface area contributed by atoms with Crippen molar-refractivity contribution in [1.29, 1.82) is 0 Å². The minimum absolute atomic E-state index is 0.150. The molecule has 0 aliphatic carbocycles. The Labute approximate surface area is 111 Å². The fourth-order valence-corrected chi connectivity index (χ4v) is 1.95. The van der Waals surface area contributed by atoms with Crippen molar-refractivity contribution in [2.45, 2.75) is 12.8 Å². The van der Waals surface area contributed by atoms with Gasteiger partial charge in [0.1, 0.15) is 11.6 Å². The molecule has 2 aromatic rings. The van der Waals surface area contributed by atoms with Crippen molar-refractivity contribution in [3.05, 3.63) is 57.8 Å². The molecule has 1 heterocycles. The summed E-state index contributed by atoms with van der Waals surface area (Å²) in [5, 5.41) is 0. The number of hydrogen-bond acceptors (Lipinski definition) is 4. The Hall–Kier alpha value is -2.14. The highest BCUT2D eigenvalue weighted by atomic mass is 16.5. The van der Waals surface area contributed by atoms with E-state index < -0.39 is 0 Å². The Bertz CT molecular complexity index is 608. The third-order valence-corrected chi connectivity index (χ3v) is 2.79. The van der Waals surface area contributed by atoms with Crippen molar-refractivity contribution < 1.29 is 4.74 Å². The molecule has 1 aromatic heterocycles. The van der Waals surface area contributed by atoms with E-state index in [1.165, 1.54) is 6.07 Å². The first-order valence-corrected chi connectivity index (χ1v) is 6.14. The van der Waals surface area contributed by atoms with E-state index in [2.05, 4.69) is 9.97 Å². The Morgan fingerprint density at radius 2 is 2.16 bits per heavy atom. The molecule has 0 unspecified atom stereocenters. The summed E-state index contributed by atoms with van der Waals surface area (Å²) in [6, 6.07) is 9.21. The molecular weight excluding hydrogens is 242 g/mol. The van der Waals surface area contributed by atoms with Crippen LogP contribution in [0.2, 0.25) is 0 Å². The molecular formula is C14H17N3O2. The second kappa shape index (κ2) is 6.15. The minimum atomic E-state index is -0.150. The van der Waals surface area contributed by atoms with Crippen molar-refractivity contribution in [1.82, 2.24) is 9.97 Å². The average molecular weight is 259 g/mol. The van der Waals surface area contributed by atoms with Crippen LogP contribution in [0.3, 0.4) is 0 Å². The quantitative estimate of drug-likeness (QED) is 0.835. The van der Waals surface area contributed by atoms with E-state index in [1.54, 1.807) is 7.11 Å². The van der Waals surface area contributed by atoms with Crippen LogP contribution in [0.1, 0.15) is 17.1 Å². The van der Waals surface area contributed by atoms with Gasteiger partial charge in [-0.05, 0) is 12.6 Å². The van der Waals surface area contributed by atoms with Gasteiger partial charge in [0.2, 0.25) is 0 Å². The zero-order valence-electron chi connectivity index (χ0n) is 10.8. The Morgan fingerprint density at radius 1 is 1.37 bits per heavy atom. The first-order valence-electron chi connectivity index (χ1n) is 6.14. The lowest BCUT2D eigenvalue weighted by Crippen LogP contribution is -2.16. The van der Waals surface area contributed by atoms with E-state index in [1.807, 2.05) is 24.3 Å². The van der Waals surface area contributed by atoms with Gasteiger partial charge >= 0.3 is 0 Å². The minimum Gasteiger partial charge on any atom is -0.496 e. The highest BCUT2D eigenvalue weighted by Crippen LogP contribution is 2.19. The third-order valence-electron chi connectivity index (χ3n) is 2.79. The van der Waals surface area contributed by atoms with Crippen LogP contribution in [0, 0.1) is 0 Å². The number of benzene rings is 1. The highest BCUT2D eigenvalue weighted by molar-refractivity contribution is 5.35. The van der Waals surface area contributed by atoms with E-state index in [-0.39, 0.29) is 5.56 Å². The summed E-state index contributed by atoms with van der Waals surface area (Å²) in [5.41, 5.74) is 7.05. The van der Waals surface area contributed by atoms with Gasteiger partial charge in [-0.1, -0.05) is 18.2 Å². The molecule has 5 heteroatoms. The molecule has 19 heavy (non-hydrogen) atoms. The lowest BCUT2D eigenvalue weighted by Gasteiger charge is -2.08. The molecule has 0 saturated heterocycles. The number of nitrogens with one attached hydrogen (secondary N) is 1. The molecule has 0 bridgehead atoms. The molecule has 3 N–H and O–H groups in total. The zero-order valence-corrected chi connectivity index (χ0v) is 10.8. The van der Waals surface area contributed by atoms with Crippen LogP contribution in [0.15, 0.2) is 35.1 Å². The lowest BCUT2D eigenvalue weighted by atomic mass is 10.1. The number of aromatic nitrogens is 2. The number of aromatic amines is 1. The number of nitrogens with zero attached hydrogens (tertiary/aromatic N) is 1. The smallest absolute Gasteiger partial charge is 0.251 e. The van der Waals surface area contributed by atoms with Crippen LogP contribution >= 0.6 is 0 Å². The average Bonchev–Trinajstić information content (AvgIpc) is 2.39. The number of methoxy groups -OCH3 is 1. The van der Waals surface area contributed by atoms with E-state index in [4.69, 9.17) is 10.5 Å². The molecule has 0 aliphatic rings. The summed E-state index contributed by atoms with van der Waals surface area (Å²) in [5.74, 6) is 1.42. The highest BCUT2D eigenvalue weighted by Gasteiger charge is 2.06. The Kier molecular flexibility index (Phi) is 4.30. The van der Waals surface area contributed by atoms with Gasteiger partial charge in [0.05, 0.1) is 12.8 Å². The number of hydrogen-bond donors (Lipinski definition) is 2. The zero-order chi connectivity index (χ0) is 13.7. The van der Waals surface area contributed by atoms with Gasteiger partial charge in [0, 0.05) is 24.5 Å². The molecule has 5 nitrogen and oxygen atoms in total. The summed E-state index contributed by atoms with van der Waals surface area (Å²) in [7, 11) is 1.63. The second-order valence-electron chi connectivity index (χ2n) is 4.21. The van der Waals surface area contributed by atoms with E-state index in [9.17, 15) is 4.79 Å². The second-order valence-corrected chi connectivity index (χ2v) is 4.21. The molecule has 2 rings (SSSR count). The molecule has 0 amide bonds. The first kappa shape index (κ1) is 13.3. The number of H-pyrrole nitrogens is 1. The maximum atomic E-state index is 11.6. The van der Waals surface area contributed by atoms with E-state index in [0.29, 0.717) is 25.2 Å². The van der Waals surface area contributed by atoms with Gasteiger partial charge in [-0.25, -0.2) is 4.98 Å². The van der Waals surface area contributed by atoms with Crippen LogP contribution in [0.5, 0.6) is 5.75 Å². The Morgan fingerprint density at radius 3 is 2.89 bits per heavy atom. The van der Waals surface area contributed by atoms with Crippen molar-refractivity contribution in [2.24, 2.45) is 5.73 Å². The van der Waals surface area contributed by atoms with Crippen molar-refractivity contribution in [2.75, 3.05) is 13.7 Å².